The van der Waals surface area contributed by atoms with E-state index in [0.717, 1.165) is 42.4 Å². The van der Waals surface area contributed by atoms with Gasteiger partial charge in [-0.3, -0.25) is 14.3 Å². The van der Waals surface area contributed by atoms with E-state index in [1.807, 2.05) is 19.1 Å². The molecule has 1 aliphatic heterocycles. The van der Waals surface area contributed by atoms with Gasteiger partial charge < -0.3 is 4.52 Å². The molecule has 1 unspecified atom stereocenters. The average Bonchev–Trinajstić information content (AvgIpc) is 3.10. The zero-order chi connectivity index (χ0) is 21.2. The van der Waals surface area contributed by atoms with Crippen LogP contribution in [0.1, 0.15) is 30.1 Å². The molecule has 0 spiro atoms. The van der Waals surface area contributed by atoms with Crippen molar-refractivity contribution in [3.8, 4) is 0 Å². The Morgan fingerprint density at radius 2 is 2.26 bits per heavy atom. The van der Waals surface area contributed by atoms with Crippen molar-refractivity contribution in [2.75, 3.05) is 13.1 Å². The molecule has 0 bridgehead atoms. The van der Waals surface area contributed by atoms with Crippen molar-refractivity contribution in [2.24, 2.45) is 5.92 Å². The number of rotatable bonds is 4. The fraction of sp³-hybridized carbons (Fsp3) is 0.409. The van der Waals surface area contributed by atoms with E-state index in [-0.39, 0.29) is 17.5 Å². The topological polar surface area (TPSA) is 89.9 Å². The summed E-state index contributed by atoms with van der Waals surface area (Å²) in [7, 11) is 0. The molecule has 2 aliphatic carbocycles. The first-order chi connectivity index (χ1) is 15.0. The van der Waals surface area contributed by atoms with Crippen LogP contribution in [-0.2, 0) is 12.0 Å². The van der Waals surface area contributed by atoms with Crippen molar-refractivity contribution in [3.05, 3.63) is 69.5 Å². The highest BCUT2D eigenvalue weighted by Crippen LogP contribution is 2.58. The van der Waals surface area contributed by atoms with E-state index >= 15 is 0 Å². The average molecular weight is 437 g/mol. The van der Waals surface area contributed by atoms with Gasteiger partial charge in [0.15, 0.2) is 11.5 Å². The van der Waals surface area contributed by atoms with Crippen LogP contribution in [0, 0.1) is 12.8 Å². The number of hydrogen-bond acceptors (Lipinski definition) is 7. The lowest BCUT2D eigenvalue weighted by molar-refractivity contribution is 0.247. The van der Waals surface area contributed by atoms with Gasteiger partial charge in [-0.15, -0.1) is 0 Å². The van der Waals surface area contributed by atoms with Gasteiger partial charge in [-0.2, -0.15) is 4.98 Å². The third-order valence-corrected chi connectivity index (χ3v) is 7.11. The van der Waals surface area contributed by atoms with Crippen molar-refractivity contribution in [2.45, 2.75) is 37.8 Å². The smallest absolute Gasteiger partial charge is 0.263 e. The Hall–Kier alpha value is -2.84. The second kappa shape index (κ2) is 6.83. The zero-order valence-corrected chi connectivity index (χ0v) is 17.8. The van der Waals surface area contributed by atoms with Crippen molar-refractivity contribution in [1.82, 2.24) is 29.6 Å². The Morgan fingerprint density at radius 3 is 3.10 bits per heavy atom. The second-order valence-corrected chi connectivity index (χ2v) is 9.19. The first kappa shape index (κ1) is 18.9. The van der Waals surface area contributed by atoms with E-state index in [2.05, 4.69) is 37.2 Å². The van der Waals surface area contributed by atoms with E-state index in [9.17, 15) is 4.79 Å². The number of fused-ring (bicyclic) bond motifs is 2. The zero-order valence-electron chi connectivity index (χ0n) is 17.0. The lowest BCUT2D eigenvalue weighted by Crippen LogP contribution is -2.36. The molecular weight excluding hydrogens is 416 g/mol. The van der Waals surface area contributed by atoms with E-state index in [1.54, 1.807) is 6.20 Å². The Bertz CT molecular complexity index is 1310. The number of aryl methyl sites for hydroxylation is 1. The van der Waals surface area contributed by atoms with Crippen LogP contribution in [0.4, 0.5) is 0 Å². The minimum atomic E-state index is -0.152. The van der Waals surface area contributed by atoms with E-state index in [4.69, 9.17) is 16.1 Å². The summed E-state index contributed by atoms with van der Waals surface area (Å²) in [5.41, 5.74) is 1.11. The highest BCUT2D eigenvalue weighted by atomic mass is 35.5. The fourth-order valence-electron chi connectivity index (χ4n) is 4.98. The van der Waals surface area contributed by atoms with Crippen LogP contribution in [0.5, 0.6) is 0 Å². The molecular formula is C22H21ClN6O2. The molecule has 0 amide bonds. The number of likely N-dealkylation sites (tertiary alicyclic amines) is 1. The summed E-state index contributed by atoms with van der Waals surface area (Å²) >= 11 is 6.06. The van der Waals surface area contributed by atoms with Crippen molar-refractivity contribution in [1.29, 1.82) is 0 Å². The van der Waals surface area contributed by atoms with E-state index < -0.39 is 0 Å². The maximum atomic E-state index is 12.9. The highest BCUT2D eigenvalue weighted by Gasteiger charge is 2.64. The van der Waals surface area contributed by atoms with Gasteiger partial charge in [0.25, 0.3) is 5.56 Å². The largest absolute Gasteiger partial charge is 0.337 e. The Labute approximate surface area is 183 Å². The molecule has 1 saturated carbocycles. The molecule has 0 aromatic carbocycles. The fourth-order valence-corrected chi connectivity index (χ4v) is 5.14. The molecule has 3 aliphatic rings. The van der Waals surface area contributed by atoms with Crippen molar-refractivity contribution < 1.29 is 4.52 Å². The summed E-state index contributed by atoms with van der Waals surface area (Å²) in [5.74, 6) is 1.72. The molecule has 8 nitrogen and oxygen atoms in total. The molecule has 0 N–H and O–H groups in total. The number of pyridine rings is 1. The van der Waals surface area contributed by atoms with Crippen LogP contribution in [0.2, 0.25) is 0 Å². The molecule has 3 aromatic heterocycles. The van der Waals surface area contributed by atoms with Gasteiger partial charge in [-0.25, -0.2) is 9.97 Å². The SMILES string of the molecule is Cc1ccnc2ncn(Cc3nc([C@@]45C[C@H]4CN(C4C=CC(Cl)=CC4)C5)no3)c(=O)c12. The maximum absolute atomic E-state index is 12.9. The lowest BCUT2D eigenvalue weighted by atomic mass is 10.0. The Balaban J connectivity index is 1.22. The summed E-state index contributed by atoms with van der Waals surface area (Å²) < 4.78 is 7.04. The minimum absolute atomic E-state index is 0.0341. The molecule has 3 atom stereocenters. The number of hydrogen-bond donors (Lipinski definition) is 0. The second-order valence-electron chi connectivity index (χ2n) is 8.75. The molecule has 9 heteroatoms. The van der Waals surface area contributed by atoms with Crippen LogP contribution in [0.25, 0.3) is 11.0 Å². The molecule has 3 aromatic rings. The molecule has 4 heterocycles. The van der Waals surface area contributed by atoms with Gasteiger partial charge in [0.1, 0.15) is 12.9 Å². The first-order valence-electron chi connectivity index (χ1n) is 10.5. The standard InChI is InChI=1S/C22H21ClN6O2/c1-13-6-7-24-19-18(13)20(30)29(12-25-19)10-17-26-21(27-31-17)22-8-14(22)9-28(11-22)16-4-2-15(23)3-5-16/h2-4,6-7,12,14,16H,5,8-11H2,1H3/t14-,16?,22+/m0/s1. The van der Waals surface area contributed by atoms with Crippen molar-refractivity contribution >= 4 is 22.6 Å². The predicted octanol–water partition coefficient (Wildman–Crippen LogP) is 2.56. The normalized spacial score (nSPS) is 27.5. The Kier molecular flexibility index (Phi) is 4.16. The van der Waals surface area contributed by atoms with Crippen LogP contribution in [0.15, 0.2) is 51.2 Å². The summed E-state index contributed by atoms with van der Waals surface area (Å²) in [6.07, 6.45) is 11.4. The minimum Gasteiger partial charge on any atom is -0.337 e. The first-order valence-corrected chi connectivity index (χ1v) is 10.8. The van der Waals surface area contributed by atoms with Crippen molar-refractivity contribution in [3.63, 3.8) is 0 Å². The summed E-state index contributed by atoms with van der Waals surface area (Å²) in [5, 5.41) is 5.63. The Morgan fingerprint density at radius 1 is 1.35 bits per heavy atom. The quantitative estimate of drug-likeness (QED) is 0.620. The van der Waals surface area contributed by atoms with Gasteiger partial charge in [0.05, 0.1) is 10.8 Å². The van der Waals surface area contributed by atoms with Gasteiger partial charge in [-0.05, 0) is 43.4 Å². The maximum Gasteiger partial charge on any atom is 0.263 e. The molecule has 6 rings (SSSR count). The highest BCUT2D eigenvalue weighted by molar-refractivity contribution is 6.31. The molecule has 0 radical (unpaired) electrons. The van der Waals surface area contributed by atoms with Crippen LogP contribution >= 0.6 is 11.6 Å². The third kappa shape index (κ3) is 3.04. The predicted molar refractivity (Wildman–Crippen MR) is 115 cm³/mol. The van der Waals surface area contributed by atoms with Crippen LogP contribution in [0.3, 0.4) is 0 Å². The molecule has 31 heavy (non-hydrogen) atoms. The number of allylic oxidation sites excluding steroid dienone is 2. The third-order valence-electron chi connectivity index (χ3n) is 6.83. The molecule has 1 saturated heterocycles. The number of aromatic nitrogens is 5. The number of piperidine rings is 1. The number of nitrogens with zero attached hydrogens (tertiary/aromatic N) is 6. The number of halogens is 1. The van der Waals surface area contributed by atoms with E-state index in [1.165, 1.54) is 10.9 Å². The van der Waals surface area contributed by atoms with Crippen LogP contribution in [-0.4, -0.2) is 48.7 Å². The summed E-state index contributed by atoms with van der Waals surface area (Å²) in [6.45, 7) is 4.03. The van der Waals surface area contributed by atoms with Gasteiger partial charge in [0, 0.05) is 30.4 Å². The van der Waals surface area contributed by atoms with Gasteiger partial charge >= 0.3 is 0 Å². The summed E-state index contributed by atoms with van der Waals surface area (Å²) in [6, 6.07) is 2.18. The summed E-state index contributed by atoms with van der Waals surface area (Å²) in [4.78, 5) is 28.5. The van der Waals surface area contributed by atoms with Gasteiger partial charge in [0.2, 0.25) is 5.89 Å². The van der Waals surface area contributed by atoms with Crippen LogP contribution < -0.4 is 5.56 Å². The molecule has 2 fully saturated rings. The monoisotopic (exact) mass is 436 g/mol. The van der Waals surface area contributed by atoms with Gasteiger partial charge in [-0.1, -0.05) is 28.9 Å². The molecule has 158 valence electrons. The van der Waals surface area contributed by atoms with E-state index in [0.29, 0.717) is 28.9 Å². The lowest BCUT2D eigenvalue weighted by Gasteiger charge is -2.28.